The Kier molecular flexibility index (Phi) is 4.38. The third kappa shape index (κ3) is 3.48. The maximum atomic E-state index is 11.6. The van der Waals surface area contributed by atoms with Crippen LogP contribution >= 0.6 is 0 Å². The van der Waals surface area contributed by atoms with E-state index in [-0.39, 0.29) is 11.7 Å². The molecule has 2 N–H and O–H groups in total. The van der Waals surface area contributed by atoms with Gasteiger partial charge in [-0.15, -0.1) is 0 Å². The van der Waals surface area contributed by atoms with Gasteiger partial charge in [-0.3, -0.25) is 9.78 Å². The van der Waals surface area contributed by atoms with Crippen LogP contribution in [0.1, 0.15) is 32.6 Å². The molecule has 4 nitrogen and oxygen atoms in total. The number of hydrogen-bond acceptors (Lipinski definition) is 3. The van der Waals surface area contributed by atoms with Gasteiger partial charge in [-0.05, 0) is 54.3 Å². The molecule has 2 rings (SSSR count). The van der Waals surface area contributed by atoms with Crippen LogP contribution in [-0.4, -0.2) is 23.0 Å². The third-order valence-electron chi connectivity index (χ3n) is 3.27. The van der Waals surface area contributed by atoms with Crippen LogP contribution in [-0.2, 0) is 0 Å². The molecule has 0 radical (unpaired) electrons. The van der Waals surface area contributed by atoms with E-state index in [1.807, 2.05) is 26.0 Å². The summed E-state index contributed by atoms with van der Waals surface area (Å²) in [6, 6.07) is 5.24. The molecule has 1 aromatic heterocycles. The first kappa shape index (κ1) is 14.8. The maximum absolute atomic E-state index is 11.6. The number of phenolic OH excluding ortho intramolecular Hbond substituents is 1. The summed E-state index contributed by atoms with van der Waals surface area (Å²) in [4.78, 5) is 15.7. The van der Waals surface area contributed by atoms with Gasteiger partial charge < -0.3 is 10.4 Å². The standard InChI is InChI=1S/C17H18N2O2/c1-11-6-15(20)7-12(2)16(11)5-4-13-8-14(10-19-9-13)17(21)18-3/h4-10,20H,1-3H3,(H,18,21)/b5-4+. The van der Waals surface area contributed by atoms with Gasteiger partial charge in [0.05, 0.1) is 5.56 Å². The molecule has 0 atom stereocenters. The predicted octanol–water partition coefficient (Wildman–Crippen LogP) is 2.93. The van der Waals surface area contributed by atoms with E-state index in [9.17, 15) is 9.90 Å². The van der Waals surface area contributed by atoms with E-state index in [1.165, 1.54) is 6.20 Å². The van der Waals surface area contributed by atoms with Crippen LogP contribution in [0.15, 0.2) is 30.6 Å². The lowest BCUT2D eigenvalue weighted by Gasteiger charge is -2.06. The van der Waals surface area contributed by atoms with Gasteiger partial charge in [-0.25, -0.2) is 0 Å². The number of nitrogens with zero attached hydrogens (tertiary/aromatic N) is 1. The van der Waals surface area contributed by atoms with Crippen LogP contribution in [0.2, 0.25) is 0 Å². The normalized spacial score (nSPS) is 10.8. The molecule has 0 spiro atoms. The average molecular weight is 282 g/mol. The van der Waals surface area contributed by atoms with Crippen molar-refractivity contribution in [3.8, 4) is 5.75 Å². The van der Waals surface area contributed by atoms with Crippen molar-refractivity contribution in [3.05, 3.63) is 58.4 Å². The van der Waals surface area contributed by atoms with Crippen LogP contribution in [0.3, 0.4) is 0 Å². The molecule has 1 aromatic carbocycles. The van der Waals surface area contributed by atoms with Gasteiger partial charge >= 0.3 is 0 Å². The fourth-order valence-corrected chi connectivity index (χ4v) is 2.21. The molecule has 0 aliphatic rings. The Balaban J connectivity index is 2.32. The topological polar surface area (TPSA) is 62.2 Å². The zero-order valence-electron chi connectivity index (χ0n) is 12.3. The second kappa shape index (κ2) is 6.22. The molecule has 0 aliphatic carbocycles. The van der Waals surface area contributed by atoms with E-state index in [1.54, 1.807) is 31.4 Å². The lowest BCUT2D eigenvalue weighted by atomic mass is 10.0. The molecule has 108 valence electrons. The minimum Gasteiger partial charge on any atom is -0.508 e. The zero-order valence-corrected chi connectivity index (χ0v) is 12.3. The Labute approximate surface area is 124 Å². The summed E-state index contributed by atoms with van der Waals surface area (Å²) < 4.78 is 0. The third-order valence-corrected chi connectivity index (χ3v) is 3.27. The molecule has 0 fully saturated rings. The summed E-state index contributed by atoms with van der Waals surface area (Å²) in [6.07, 6.45) is 7.11. The fourth-order valence-electron chi connectivity index (χ4n) is 2.21. The van der Waals surface area contributed by atoms with Crippen LogP contribution < -0.4 is 5.32 Å². The highest BCUT2D eigenvalue weighted by atomic mass is 16.3. The second-order valence-corrected chi connectivity index (χ2v) is 4.91. The number of phenols is 1. The zero-order chi connectivity index (χ0) is 15.4. The van der Waals surface area contributed by atoms with Crippen molar-refractivity contribution >= 4 is 18.1 Å². The second-order valence-electron chi connectivity index (χ2n) is 4.91. The minimum atomic E-state index is -0.158. The molecular formula is C17H18N2O2. The van der Waals surface area contributed by atoms with E-state index in [0.29, 0.717) is 5.56 Å². The summed E-state index contributed by atoms with van der Waals surface area (Å²) >= 11 is 0. The number of aryl methyl sites for hydroxylation is 2. The summed E-state index contributed by atoms with van der Waals surface area (Å²) in [5, 5.41) is 12.1. The molecule has 0 bridgehead atoms. The number of carbonyl (C=O) groups is 1. The van der Waals surface area contributed by atoms with Crippen LogP contribution in [0.25, 0.3) is 12.2 Å². The van der Waals surface area contributed by atoms with E-state index in [0.717, 1.165) is 22.3 Å². The number of pyridine rings is 1. The monoisotopic (exact) mass is 282 g/mol. The molecule has 1 heterocycles. The first-order valence-electron chi connectivity index (χ1n) is 6.66. The molecule has 21 heavy (non-hydrogen) atoms. The van der Waals surface area contributed by atoms with Crippen molar-refractivity contribution < 1.29 is 9.90 Å². The van der Waals surface area contributed by atoms with Crippen molar-refractivity contribution in [3.63, 3.8) is 0 Å². The number of aromatic hydroxyl groups is 1. The molecular weight excluding hydrogens is 264 g/mol. The summed E-state index contributed by atoms with van der Waals surface area (Å²) in [6.45, 7) is 3.90. The van der Waals surface area contributed by atoms with Crippen molar-refractivity contribution in [2.45, 2.75) is 13.8 Å². The molecule has 4 heteroatoms. The van der Waals surface area contributed by atoms with E-state index in [2.05, 4.69) is 10.3 Å². The van der Waals surface area contributed by atoms with Crippen LogP contribution in [0.5, 0.6) is 5.75 Å². The summed E-state index contributed by atoms with van der Waals surface area (Å²) in [5.41, 5.74) is 4.43. The Morgan fingerprint density at radius 3 is 2.43 bits per heavy atom. The first-order valence-corrected chi connectivity index (χ1v) is 6.66. The van der Waals surface area contributed by atoms with Crippen LogP contribution in [0, 0.1) is 13.8 Å². The Morgan fingerprint density at radius 2 is 1.81 bits per heavy atom. The number of carbonyl (C=O) groups excluding carboxylic acids is 1. The fraction of sp³-hybridized carbons (Fsp3) is 0.176. The average Bonchev–Trinajstić information content (AvgIpc) is 2.45. The van der Waals surface area contributed by atoms with E-state index in [4.69, 9.17) is 0 Å². The van der Waals surface area contributed by atoms with Gasteiger partial charge in [0.25, 0.3) is 5.91 Å². The number of amides is 1. The van der Waals surface area contributed by atoms with Crippen molar-refractivity contribution in [2.75, 3.05) is 7.05 Å². The minimum absolute atomic E-state index is 0.158. The smallest absolute Gasteiger partial charge is 0.252 e. The Bertz CT molecular complexity index is 683. The summed E-state index contributed by atoms with van der Waals surface area (Å²) in [7, 11) is 1.59. The van der Waals surface area contributed by atoms with Crippen molar-refractivity contribution in [1.29, 1.82) is 0 Å². The Morgan fingerprint density at radius 1 is 1.14 bits per heavy atom. The van der Waals surface area contributed by atoms with Gasteiger partial charge in [0, 0.05) is 19.4 Å². The number of benzene rings is 1. The quantitative estimate of drug-likeness (QED) is 0.910. The van der Waals surface area contributed by atoms with Gasteiger partial charge in [0.2, 0.25) is 0 Å². The summed E-state index contributed by atoms with van der Waals surface area (Å²) in [5.74, 6) is 0.111. The van der Waals surface area contributed by atoms with E-state index >= 15 is 0 Å². The number of hydrogen-bond donors (Lipinski definition) is 2. The lowest BCUT2D eigenvalue weighted by Crippen LogP contribution is -2.17. The molecule has 2 aromatic rings. The number of aromatic nitrogens is 1. The maximum Gasteiger partial charge on any atom is 0.252 e. The van der Waals surface area contributed by atoms with Gasteiger partial charge in [-0.1, -0.05) is 12.2 Å². The molecule has 0 saturated heterocycles. The Hall–Kier alpha value is -2.62. The molecule has 1 amide bonds. The van der Waals surface area contributed by atoms with Crippen molar-refractivity contribution in [2.24, 2.45) is 0 Å². The molecule has 0 aliphatic heterocycles. The largest absolute Gasteiger partial charge is 0.508 e. The van der Waals surface area contributed by atoms with Crippen LogP contribution in [0.4, 0.5) is 0 Å². The van der Waals surface area contributed by atoms with Gasteiger partial charge in [0.1, 0.15) is 5.75 Å². The lowest BCUT2D eigenvalue weighted by molar-refractivity contribution is 0.0962. The molecule has 0 saturated carbocycles. The van der Waals surface area contributed by atoms with Gasteiger partial charge in [0.15, 0.2) is 0 Å². The van der Waals surface area contributed by atoms with Crippen molar-refractivity contribution in [1.82, 2.24) is 10.3 Å². The highest BCUT2D eigenvalue weighted by molar-refractivity contribution is 5.94. The highest BCUT2D eigenvalue weighted by Crippen LogP contribution is 2.22. The van der Waals surface area contributed by atoms with E-state index < -0.39 is 0 Å². The van der Waals surface area contributed by atoms with Gasteiger partial charge in [-0.2, -0.15) is 0 Å². The number of rotatable bonds is 3. The first-order chi connectivity index (χ1) is 10.0. The number of nitrogens with one attached hydrogen (secondary N) is 1. The molecule has 0 unspecified atom stereocenters. The highest BCUT2D eigenvalue weighted by Gasteiger charge is 2.04. The SMILES string of the molecule is CNC(=O)c1cncc(/C=C/c2c(C)cc(O)cc2C)c1. The predicted molar refractivity (Wildman–Crippen MR) is 84.1 cm³/mol.